The number of aromatic nitrogens is 2. The number of piperidine rings is 1. The molecular weight excluding hydrogens is 465 g/mol. The van der Waals surface area contributed by atoms with Crippen LogP contribution >= 0.6 is 0 Å². The predicted octanol–water partition coefficient (Wildman–Crippen LogP) is 1.58. The minimum Gasteiger partial charge on any atom is -0.480 e. The Balaban J connectivity index is 1.10. The number of benzene rings is 1. The van der Waals surface area contributed by atoms with Gasteiger partial charge in [-0.2, -0.15) is 0 Å². The fraction of sp³-hybridized carbons (Fsp3) is 0.423. The SMILES string of the molecule is O=C1COc2ccc(CN[C@H]3CCN(CC4CCn5c(=O)ccc6ccc(F)c4c65)C[C@H]3O)nc2N1. The predicted molar refractivity (Wildman–Crippen MR) is 132 cm³/mol. The lowest BCUT2D eigenvalue weighted by Gasteiger charge is -2.39. The number of hydrogen-bond donors (Lipinski definition) is 3. The van der Waals surface area contributed by atoms with Crippen molar-refractivity contribution in [1.29, 1.82) is 0 Å². The van der Waals surface area contributed by atoms with Gasteiger partial charge >= 0.3 is 0 Å². The van der Waals surface area contributed by atoms with Gasteiger partial charge < -0.3 is 29.9 Å². The first kappa shape index (κ1) is 23.1. The number of nitrogens with zero attached hydrogens (tertiary/aromatic N) is 3. The van der Waals surface area contributed by atoms with Crippen LogP contribution in [0.3, 0.4) is 0 Å². The summed E-state index contributed by atoms with van der Waals surface area (Å²) in [6.07, 6.45) is 0.839. The number of β-amino-alcohol motifs (C(OH)–C–C–N with tert-alkyl or cyclic N) is 1. The van der Waals surface area contributed by atoms with Gasteiger partial charge in [-0.15, -0.1) is 0 Å². The fourth-order valence-electron chi connectivity index (χ4n) is 5.67. The summed E-state index contributed by atoms with van der Waals surface area (Å²) in [6, 6.07) is 10.0. The molecule has 3 aromatic rings. The number of carbonyl (C=O) groups excluding carboxylic acids is 1. The Morgan fingerprint density at radius 1 is 1.14 bits per heavy atom. The normalized spacial score (nSPS) is 23.7. The zero-order valence-corrected chi connectivity index (χ0v) is 19.7. The number of pyridine rings is 2. The summed E-state index contributed by atoms with van der Waals surface area (Å²) in [5.41, 5.74) is 1.96. The average molecular weight is 494 g/mol. The smallest absolute Gasteiger partial charge is 0.263 e. The molecule has 1 saturated heterocycles. The van der Waals surface area contributed by atoms with Crippen LogP contribution in [0.1, 0.15) is 30.0 Å². The van der Waals surface area contributed by atoms with Crippen molar-refractivity contribution in [3.8, 4) is 5.75 Å². The lowest BCUT2D eigenvalue weighted by Crippen LogP contribution is -2.53. The standard InChI is InChI=1S/C26H28FN5O4/c27-18-4-1-15-2-6-23(35)32-10-7-16(24(18)25(15)32)12-31-9-8-19(20(33)13-31)28-11-17-3-5-21-26(29-17)30-22(34)14-36-21/h1-6,16,19-20,28,33H,7-14H2,(H,29,30,34)/t16?,19-,20+/m0/s1. The molecule has 1 amide bonds. The van der Waals surface area contributed by atoms with Gasteiger partial charge in [0, 0.05) is 49.8 Å². The molecule has 0 radical (unpaired) electrons. The maximum Gasteiger partial charge on any atom is 0.263 e. The first-order valence-electron chi connectivity index (χ1n) is 12.3. The largest absolute Gasteiger partial charge is 0.480 e. The summed E-state index contributed by atoms with van der Waals surface area (Å²) in [5.74, 6) is 0.424. The highest BCUT2D eigenvalue weighted by Crippen LogP contribution is 2.35. The Bertz CT molecular complexity index is 1390. The van der Waals surface area contributed by atoms with E-state index < -0.39 is 6.10 Å². The Morgan fingerprint density at radius 2 is 2.00 bits per heavy atom. The van der Waals surface area contributed by atoms with Crippen molar-refractivity contribution in [3.05, 3.63) is 63.8 Å². The number of nitrogens with one attached hydrogen (secondary N) is 2. The number of ether oxygens (including phenoxy) is 1. The second kappa shape index (κ2) is 9.27. The highest BCUT2D eigenvalue weighted by molar-refractivity contribution is 5.94. The van der Waals surface area contributed by atoms with Crippen LogP contribution in [0.25, 0.3) is 10.9 Å². The number of anilines is 1. The average Bonchev–Trinajstić information content (AvgIpc) is 2.87. The van der Waals surface area contributed by atoms with E-state index in [4.69, 9.17) is 4.74 Å². The molecule has 10 heteroatoms. The Morgan fingerprint density at radius 3 is 2.86 bits per heavy atom. The van der Waals surface area contributed by atoms with Crippen LogP contribution in [0.5, 0.6) is 5.75 Å². The lowest BCUT2D eigenvalue weighted by molar-refractivity contribution is -0.118. The Hall–Kier alpha value is -3.34. The van der Waals surface area contributed by atoms with Gasteiger partial charge in [-0.25, -0.2) is 9.37 Å². The number of hydrogen-bond acceptors (Lipinski definition) is 7. The van der Waals surface area contributed by atoms with Crippen molar-refractivity contribution in [2.24, 2.45) is 0 Å². The van der Waals surface area contributed by atoms with Gasteiger partial charge in [-0.3, -0.25) is 9.59 Å². The van der Waals surface area contributed by atoms with E-state index in [9.17, 15) is 19.1 Å². The highest BCUT2D eigenvalue weighted by Gasteiger charge is 2.32. The third kappa shape index (κ3) is 4.25. The quantitative estimate of drug-likeness (QED) is 0.495. The maximum atomic E-state index is 15.0. The zero-order valence-electron chi connectivity index (χ0n) is 19.7. The molecule has 9 nitrogen and oxygen atoms in total. The van der Waals surface area contributed by atoms with E-state index in [1.807, 2.05) is 6.07 Å². The lowest BCUT2D eigenvalue weighted by atomic mass is 9.88. The van der Waals surface area contributed by atoms with E-state index in [1.54, 1.807) is 28.8 Å². The second-order valence-corrected chi connectivity index (χ2v) is 9.80. The second-order valence-electron chi connectivity index (χ2n) is 9.80. The molecule has 1 fully saturated rings. The number of aryl methyl sites for hydroxylation is 1. The molecule has 3 atom stereocenters. The molecule has 0 saturated carbocycles. The third-order valence-electron chi connectivity index (χ3n) is 7.47. The molecule has 5 heterocycles. The molecule has 3 aliphatic rings. The molecule has 0 bridgehead atoms. The van der Waals surface area contributed by atoms with E-state index in [-0.39, 0.29) is 35.9 Å². The van der Waals surface area contributed by atoms with Gasteiger partial charge in [0.2, 0.25) is 0 Å². The van der Waals surface area contributed by atoms with Crippen molar-refractivity contribution >= 4 is 22.6 Å². The number of likely N-dealkylation sites (tertiary alicyclic amines) is 1. The van der Waals surface area contributed by atoms with Crippen LogP contribution in [-0.2, 0) is 17.9 Å². The van der Waals surface area contributed by atoms with Gasteiger partial charge in [0.05, 0.1) is 17.3 Å². The van der Waals surface area contributed by atoms with Crippen LogP contribution in [-0.4, -0.2) is 63.9 Å². The number of aliphatic hydroxyl groups is 1. The van der Waals surface area contributed by atoms with Crippen LogP contribution in [0.2, 0.25) is 0 Å². The van der Waals surface area contributed by atoms with E-state index in [0.717, 1.165) is 24.0 Å². The molecule has 36 heavy (non-hydrogen) atoms. The summed E-state index contributed by atoms with van der Waals surface area (Å²) in [6.45, 7) is 2.89. The molecule has 1 aromatic carbocycles. The Labute approximate surface area is 206 Å². The van der Waals surface area contributed by atoms with Crippen LogP contribution in [0.4, 0.5) is 10.2 Å². The number of fused-ring (bicyclic) bond motifs is 1. The fourth-order valence-corrected chi connectivity index (χ4v) is 5.67. The van der Waals surface area contributed by atoms with Crippen LogP contribution in [0, 0.1) is 5.82 Å². The molecule has 3 aliphatic heterocycles. The van der Waals surface area contributed by atoms with Crippen molar-refractivity contribution < 1.29 is 19.0 Å². The molecule has 0 spiro atoms. The topological polar surface area (TPSA) is 109 Å². The van der Waals surface area contributed by atoms with E-state index >= 15 is 0 Å². The maximum absolute atomic E-state index is 15.0. The van der Waals surface area contributed by atoms with Crippen LogP contribution in [0.15, 0.2) is 41.2 Å². The van der Waals surface area contributed by atoms with Gasteiger partial charge in [0.25, 0.3) is 11.5 Å². The Kier molecular flexibility index (Phi) is 5.94. The molecule has 1 unspecified atom stereocenters. The first-order chi connectivity index (χ1) is 17.5. The summed E-state index contributed by atoms with van der Waals surface area (Å²) in [7, 11) is 0. The van der Waals surface area contributed by atoms with E-state index in [1.165, 1.54) is 6.07 Å². The van der Waals surface area contributed by atoms with E-state index in [2.05, 4.69) is 20.5 Å². The molecule has 6 rings (SSSR count). The number of rotatable bonds is 5. The molecule has 0 aliphatic carbocycles. The summed E-state index contributed by atoms with van der Waals surface area (Å²) >= 11 is 0. The number of halogens is 1. The minimum absolute atomic E-state index is 0.00921. The number of amides is 1. The number of carbonyl (C=O) groups is 1. The van der Waals surface area contributed by atoms with Crippen molar-refractivity contribution in [3.63, 3.8) is 0 Å². The summed E-state index contributed by atoms with van der Waals surface area (Å²) < 4.78 is 22.0. The first-order valence-corrected chi connectivity index (χ1v) is 12.3. The monoisotopic (exact) mass is 493 g/mol. The molecule has 188 valence electrons. The summed E-state index contributed by atoms with van der Waals surface area (Å²) in [4.78, 5) is 30.5. The molecule has 3 N–H and O–H groups in total. The number of aliphatic hydroxyl groups excluding tert-OH is 1. The van der Waals surface area contributed by atoms with Crippen molar-refractivity contribution in [1.82, 2.24) is 19.8 Å². The van der Waals surface area contributed by atoms with Gasteiger partial charge in [-0.1, -0.05) is 0 Å². The van der Waals surface area contributed by atoms with Gasteiger partial charge in [-0.05, 0) is 55.1 Å². The van der Waals surface area contributed by atoms with Gasteiger partial charge in [0.15, 0.2) is 18.2 Å². The van der Waals surface area contributed by atoms with Crippen molar-refractivity contribution in [2.45, 2.75) is 44.0 Å². The van der Waals surface area contributed by atoms with Crippen molar-refractivity contribution in [2.75, 3.05) is 31.6 Å². The zero-order chi connectivity index (χ0) is 24.8. The highest BCUT2D eigenvalue weighted by atomic mass is 19.1. The summed E-state index contributed by atoms with van der Waals surface area (Å²) in [5, 5.41) is 17.8. The molecular formula is C26H28FN5O4. The molecule has 2 aromatic heterocycles. The van der Waals surface area contributed by atoms with Crippen LogP contribution < -0.4 is 20.9 Å². The van der Waals surface area contributed by atoms with Gasteiger partial charge in [0.1, 0.15) is 5.82 Å². The van der Waals surface area contributed by atoms with E-state index in [0.29, 0.717) is 55.2 Å². The minimum atomic E-state index is -0.585. The third-order valence-corrected chi connectivity index (χ3v) is 7.47.